The van der Waals surface area contributed by atoms with Crippen molar-refractivity contribution in [2.75, 3.05) is 18.8 Å². The van der Waals surface area contributed by atoms with E-state index in [1.807, 2.05) is 0 Å². The average molecular weight is 295 g/mol. The van der Waals surface area contributed by atoms with E-state index in [1.54, 1.807) is 13.0 Å². The lowest BCUT2D eigenvalue weighted by molar-refractivity contribution is -0.120. The summed E-state index contributed by atoms with van der Waals surface area (Å²) >= 11 is 1.17. The van der Waals surface area contributed by atoms with Gasteiger partial charge in [-0.2, -0.15) is 0 Å². The van der Waals surface area contributed by atoms with Crippen molar-refractivity contribution < 1.29 is 14.0 Å². The summed E-state index contributed by atoms with van der Waals surface area (Å²) in [6.45, 7) is 2.17. The van der Waals surface area contributed by atoms with Crippen LogP contribution in [0, 0.1) is 5.82 Å². The number of nitrogens with one attached hydrogen (secondary N) is 2. The van der Waals surface area contributed by atoms with Gasteiger partial charge in [0.15, 0.2) is 0 Å². The number of carbonyl (C=O) groups excluding carboxylic acids is 2. The monoisotopic (exact) mass is 295 g/mol. The molecule has 0 fully saturated rings. The van der Waals surface area contributed by atoms with E-state index < -0.39 is 11.7 Å². The number of hydrogen-bond acceptors (Lipinski definition) is 4. The number of hydrogen-bond donors (Lipinski definition) is 3. The smallest absolute Gasteiger partial charge is 0.263 e. The molecule has 0 radical (unpaired) electrons. The van der Waals surface area contributed by atoms with E-state index in [0.717, 1.165) is 4.70 Å². The Morgan fingerprint density at radius 1 is 1.35 bits per heavy atom. The van der Waals surface area contributed by atoms with E-state index in [-0.39, 0.29) is 23.0 Å². The number of carbonyl (C=O) groups is 2. The summed E-state index contributed by atoms with van der Waals surface area (Å²) in [5.41, 5.74) is 6.09. The van der Waals surface area contributed by atoms with E-state index in [0.29, 0.717) is 11.9 Å². The van der Waals surface area contributed by atoms with Crippen LogP contribution in [0.3, 0.4) is 0 Å². The van der Waals surface area contributed by atoms with Gasteiger partial charge in [0.1, 0.15) is 10.7 Å². The molecule has 106 valence electrons. The molecule has 1 heterocycles. The van der Waals surface area contributed by atoms with Crippen LogP contribution >= 0.6 is 11.3 Å². The zero-order valence-corrected chi connectivity index (χ0v) is 11.6. The number of anilines is 1. The number of halogens is 1. The highest BCUT2D eigenvalue weighted by Gasteiger charge is 2.17. The zero-order valence-electron chi connectivity index (χ0n) is 10.8. The maximum atomic E-state index is 13.2. The maximum absolute atomic E-state index is 13.2. The quantitative estimate of drug-likeness (QED) is 0.799. The van der Waals surface area contributed by atoms with Crippen molar-refractivity contribution in [1.29, 1.82) is 0 Å². The van der Waals surface area contributed by atoms with Gasteiger partial charge < -0.3 is 16.4 Å². The van der Waals surface area contributed by atoms with Gasteiger partial charge in [-0.05, 0) is 25.1 Å². The molecule has 7 heteroatoms. The standard InChI is InChI=1S/C13H14FN3O2S/c1-2-16-10(18)6-17-13(19)12-11(15)8-5-7(14)3-4-9(8)20-12/h3-5H,2,6,15H2,1H3,(H,16,18)(H,17,19). The summed E-state index contributed by atoms with van der Waals surface area (Å²) in [6, 6.07) is 4.18. The second-order valence-corrected chi connectivity index (χ2v) is 5.17. The van der Waals surface area contributed by atoms with E-state index in [2.05, 4.69) is 10.6 Å². The molecular formula is C13H14FN3O2S. The average Bonchev–Trinajstić information content (AvgIpc) is 2.74. The molecule has 1 aromatic carbocycles. The van der Waals surface area contributed by atoms with E-state index in [1.165, 1.54) is 23.5 Å². The number of fused-ring (bicyclic) bond motifs is 1. The number of amides is 2. The minimum Gasteiger partial charge on any atom is -0.397 e. The van der Waals surface area contributed by atoms with Gasteiger partial charge in [-0.15, -0.1) is 11.3 Å². The van der Waals surface area contributed by atoms with Gasteiger partial charge in [-0.25, -0.2) is 4.39 Å². The Hall–Kier alpha value is -2.15. The van der Waals surface area contributed by atoms with Gasteiger partial charge in [0.05, 0.1) is 12.2 Å². The molecule has 0 saturated heterocycles. The number of nitrogen functional groups attached to an aromatic ring is 1. The lowest BCUT2D eigenvalue weighted by Crippen LogP contribution is -2.36. The largest absolute Gasteiger partial charge is 0.397 e. The summed E-state index contributed by atoms with van der Waals surface area (Å²) < 4.78 is 13.9. The van der Waals surface area contributed by atoms with Crippen molar-refractivity contribution in [1.82, 2.24) is 10.6 Å². The summed E-state index contributed by atoms with van der Waals surface area (Å²) in [4.78, 5) is 23.5. The third-order valence-corrected chi connectivity index (χ3v) is 3.86. The van der Waals surface area contributed by atoms with E-state index in [9.17, 15) is 14.0 Å². The molecular weight excluding hydrogens is 281 g/mol. The van der Waals surface area contributed by atoms with Crippen molar-refractivity contribution in [2.24, 2.45) is 0 Å². The van der Waals surface area contributed by atoms with Crippen LogP contribution in [0.4, 0.5) is 10.1 Å². The SMILES string of the molecule is CCNC(=O)CNC(=O)c1sc2ccc(F)cc2c1N. The van der Waals surface area contributed by atoms with Crippen molar-refractivity contribution in [3.05, 3.63) is 28.9 Å². The molecule has 0 bridgehead atoms. The molecule has 5 nitrogen and oxygen atoms in total. The Morgan fingerprint density at radius 3 is 2.80 bits per heavy atom. The maximum Gasteiger partial charge on any atom is 0.263 e. The van der Waals surface area contributed by atoms with Gasteiger partial charge in [0.25, 0.3) is 5.91 Å². The van der Waals surface area contributed by atoms with E-state index in [4.69, 9.17) is 5.73 Å². The molecule has 0 atom stereocenters. The predicted octanol–water partition coefficient (Wildman–Crippen LogP) is 1.49. The van der Waals surface area contributed by atoms with Gasteiger partial charge in [0, 0.05) is 16.6 Å². The van der Waals surface area contributed by atoms with Gasteiger partial charge in [-0.3, -0.25) is 9.59 Å². The number of nitrogens with two attached hydrogens (primary N) is 1. The summed E-state index contributed by atoms with van der Waals surface area (Å²) in [6.07, 6.45) is 0. The minimum atomic E-state index is -0.435. The number of rotatable bonds is 4. The number of likely N-dealkylation sites (N-methyl/N-ethyl adjacent to an activating group) is 1. The molecule has 2 amide bonds. The Bertz CT molecular complexity index is 669. The molecule has 0 aliphatic heterocycles. The fraction of sp³-hybridized carbons (Fsp3) is 0.231. The lowest BCUT2D eigenvalue weighted by Gasteiger charge is -2.04. The molecule has 20 heavy (non-hydrogen) atoms. The molecule has 0 unspecified atom stereocenters. The Kier molecular flexibility index (Phi) is 4.19. The third kappa shape index (κ3) is 2.88. The van der Waals surface area contributed by atoms with Crippen molar-refractivity contribution in [3.63, 3.8) is 0 Å². The summed E-state index contributed by atoms with van der Waals surface area (Å²) in [7, 11) is 0. The Labute approximate surface area is 119 Å². The molecule has 2 rings (SSSR count). The first-order valence-electron chi connectivity index (χ1n) is 6.05. The normalized spacial score (nSPS) is 10.5. The van der Waals surface area contributed by atoms with Crippen LogP contribution in [0.1, 0.15) is 16.6 Å². The highest BCUT2D eigenvalue weighted by Crippen LogP contribution is 2.33. The second-order valence-electron chi connectivity index (χ2n) is 4.12. The van der Waals surface area contributed by atoms with Gasteiger partial charge in [-0.1, -0.05) is 0 Å². The van der Waals surface area contributed by atoms with Gasteiger partial charge in [0.2, 0.25) is 5.91 Å². The molecule has 1 aromatic heterocycles. The fourth-order valence-electron chi connectivity index (χ4n) is 1.76. The van der Waals surface area contributed by atoms with Crippen LogP contribution in [-0.4, -0.2) is 24.9 Å². The van der Waals surface area contributed by atoms with Crippen molar-refractivity contribution in [3.8, 4) is 0 Å². The Morgan fingerprint density at radius 2 is 2.10 bits per heavy atom. The predicted molar refractivity (Wildman–Crippen MR) is 77.2 cm³/mol. The lowest BCUT2D eigenvalue weighted by atomic mass is 10.2. The zero-order chi connectivity index (χ0) is 14.7. The number of thiophene rings is 1. The highest BCUT2D eigenvalue weighted by molar-refractivity contribution is 7.21. The third-order valence-electron chi connectivity index (χ3n) is 2.68. The van der Waals surface area contributed by atoms with Crippen LogP contribution in [0.25, 0.3) is 10.1 Å². The van der Waals surface area contributed by atoms with Crippen LogP contribution in [0.15, 0.2) is 18.2 Å². The summed E-state index contributed by atoms with van der Waals surface area (Å²) in [5.74, 6) is -1.11. The minimum absolute atomic E-state index is 0.116. The molecule has 0 aliphatic rings. The fourth-order valence-corrected chi connectivity index (χ4v) is 2.78. The van der Waals surface area contributed by atoms with Crippen molar-refractivity contribution >= 4 is 38.9 Å². The molecule has 2 aromatic rings. The molecule has 4 N–H and O–H groups in total. The number of benzene rings is 1. The molecule has 0 aliphatic carbocycles. The first-order valence-corrected chi connectivity index (χ1v) is 6.87. The Balaban J connectivity index is 2.18. The highest BCUT2D eigenvalue weighted by atomic mass is 32.1. The summed E-state index contributed by atoms with van der Waals surface area (Å²) in [5, 5.41) is 5.57. The first-order chi connectivity index (χ1) is 9.52. The topological polar surface area (TPSA) is 84.2 Å². The van der Waals surface area contributed by atoms with E-state index >= 15 is 0 Å². The van der Waals surface area contributed by atoms with Gasteiger partial charge >= 0.3 is 0 Å². The molecule has 0 saturated carbocycles. The van der Waals surface area contributed by atoms with Crippen LogP contribution < -0.4 is 16.4 Å². The molecule has 0 spiro atoms. The van der Waals surface area contributed by atoms with Crippen molar-refractivity contribution in [2.45, 2.75) is 6.92 Å². The first kappa shape index (κ1) is 14.3. The van der Waals surface area contributed by atoms with Crippen LogP contribution in [0.2, 0.25) is 0 Å². The van der Waals surface area contributed by atoms with Crippen LogP contribution in [0.5, 0.6) is 0 Å². The second kappa shape index (κ2) is 5.87. The van der Waals surface area contributed by atoms with Crippen LogP contribution in [-0.2, 0) is 4.79 Å².